The fraction of sp³-hybridized carbons (Fsp3) is 0.316. The molecular formula is C19H23NO. The minimum absolute atomic E-state index is 0.0850. The fourth-order valence-corrected chi connectivity index (χ4v) is 2.35. The van der Waals surface area contributed by atoms with Gasteiger partial charge in [-0.25, -0.2) is 0 Å². The van der Waals surface area contributed by atoms with Gasteiger partial charge in [0.25, 0.3) is 0 Å². The summed E-state index contributed by atoms with van der Waals surface area (Å²) in [4.78, 5) is 12.4. The van der Waals surface area contributed by atoms with Crippen LogP contribution in [0.3, 0.4) is 0 Å². The summed E-state index contributed by atoms with van der Waals surface area (Å²) in [7, 11) is 0. The van der Waals surface area contributed by atoms with E-state index in [1.54, 1.807) is 0 Å². The van der Waals surface area contributed by atoms with Crippen LogP contribution in [0.4, 0.5) is 0 Å². The van der Waals surface area contributed by atoms with Crippen LogP contribution in [0.25, 0.3) is 0 Å². The number of nitrogens with one attached hydrogen (secondary N) is 1. The number of hydrogen-bond donors (Lipinski definition) is 1. The summed E-state index contributed by atoms with van der Waals surface area (Å²) in [6, 6.07) is 20.3. The van der Waals surface area contributed by atoms with Crippen molar-refractivity contribution >= 4 is 5.91 Å². The van der Waals surface area contributed by atoms with Crippen molar-refractivity contribution < 1.29 is 4.79 Å². The molecule has 0 aromatic heterocycles. The van der Waals surface area contributed by atoms with Gasteiger partial charge in [-0.1, -0.05) is 60.7 Å². The van der Waals surface area contributed by atoms with E-state index >= 15 is 0 Å². The highest BCUT2D eigenvalue weighted by Crippen LogP contribution is 2.22. The third-order valence-electron chi connectivity index (χ3n) is 3.83. The molecule has 0 aliphatic rings. The lowest BCUT2D eigenvalue weighted by molar-refractivity contribution is -0.125. The lowest BCUT2D eigenvalue weighted by Crippen LogP contribution is -2.40. The Morgan fingerprint density at radius 3 is 2.14 bits per heavy atom. The van der Waals surface area contributed by atoms with Gasteiger partial charge in [0, 0.05) is 6.54 Å². The van der Waals surface area contributed by atoms with Gasteiger partial charge in [0.15, 0.2) is 0 Å². The zero-order valence-electron chi connectivity index (χ0n) is 12.8. The van der Waals surface area contributed by atoms with Crippen molar-refractivity contribution in [1.82, 2.24) is 5.32 Å². The Balaban J connectivity index is 1.82. The van der Waals surface area contributed by atoms with E-state index in [4.69, 9.17) is 0 Å². The number of carbonyl (C=O) groups is 1. The molecule has 0 radical (unpaired) electrons. The van der Waals surface area contributed by atoms with Crippen LogP contribution in [-0.4, -0.2) is 12.5 Å². The summed E-state index contributed by atoms with van der Waals surface area (Å²) < 4.78 is 0. The van der Waals surface area contributed by atoms with E-state index in [0.29, 0.717) is 6.54 Å². The normalized spacial score (nSPS) is 11.1. The first-order valence-electron chi connectivity index (χ1n) is 7.48. The average molecular weight is 281 g/mol. The number of benzene rings is 2. The van der Waals surface area contributed by atoms with E-state index < -0.39 is 5.41 Å². The Bertz CT molecular complexity index is 561. The number of amides is 1. The number of hydrogen-bond acceptors (Lipinski definition) is 1. The molecule has 0 aliphatic carbocycles. The van der Waals surface area contributed by atoms with Crippen LogP contribution in [0.15, 0.2) is 60.7 Å². The first-order valence-corrected chi connectivity index (χ1v) is 7.48. The van der Waals surface area contributed by atoms with E-state index in [1.807, 2.05) is 62.4 Å². The molecule has 0 unspecified atom stereocenters. The topological polar surface area (TPSA) is 29.1 Å². The second-order valence-electron chi connectivity index (χ2n) is 5.84. The first-order chi connectivity index (χ1) is 10.1. The quantitative estimate of drug-likeness (QED) is 0.803. The Kier molecular flexibility index (Phi) is 5.15. The molecule has 2 rings (SSSR count). The third kappa shape index (κ3) is 4.19. The summed E-state index contributed by atoms with van der Waals surface area (Å²) in [5, 5.41) is 3.05. The molecule has 2 nitrogen and oxygen atoms in total. The van der Waals surface area contributed by atoms with Crippen molar-refractivity contribution in [2.45, 2.75) is 32.1 Å². The zero-order chi connectivity index (χ0) is 15.1. The second kappa shape index (κ2) is 7.07. The molecule has 0 spiro atoms. The molecule has 1 N–H and O–H groups in total. The lowest BCUT2D eigenvalue weighted by atomic mass is 9.84. The monoisotopic (exact) mass is 281 g/mol. The maximum Gasteiger partial charge on any atom is 0.230 e. The van der Waals surface area contributed by atoms with Gasteiger partial charge in [0.05, 0.1) is 5.41 Å². The van der Waals surface area contributed by atoms with E-state index in [-0.39, 0.29) is 5.91 Å². The van der Waals surface area contributed by atoms with Gasteiger partial charge in [0.1, 0.15) is 0 Å². The highest BCUT2D eigenvalue weighted by molar-refractivity contribution is 5.87. The Morgan fingerprint density at radius 2 is 1.52 bits per heavy atom. The zero-order valence-corrected chi connectivity index (χ0v) is 12.8. The van der Waals surface area contributed by atoms with E-state index in [0.717, 1.165) is 18.4 Å². The molecule has 0 heterocycles. The molecule has 0 aliphatic heterocycles. The van der Waals surface area contributed by atoms with E-state index in [9.17, 15) is 4.79 Å². The Morgan fingerprint density at radius 1 is 0.952 bits per heavy atom. The number of rotatable bonds is 6. The van der Waals surface area contributed by atoms with Gasteiger partial charge in [-0.05, 0) is 37.8 Å². The predicted octanol–water partition coefficient (Wildman–Crippen LogP) is 3.71. The number of carbonyl (C=O) groups excluding carboxylic acids is 1. The summed E-state index contributed by atoms with van der Waals surface area (Å²) in [6.45, 7) is 4.65. The van der Waals surface area contributed by atoms with Gasteiger partial charge >= 0.3 is 0 Å². The molecule has 110 valence electrons. The predicted molar refractivity (Wildman–Crippen MR) is 87.2 cm³/mol. The highest BCUT2D eigenvalue weighted by atomic mass is 16.2. The van der Waals surface area contributed by atoms with Gasteiger partial charge in [-0.3, -0.25) is 4.79 Å². The molecule has 0 saturated carbocycles. The minimum atomic E-state index is -0.492. The highest BCUT2D eigenvalue weighted by Gasteiger charge is 2.28. The molecule has 2 heteroatoms. The molecule has 2 aromatic carbocycles. The van der Waals surface area contributed by atoms with Gasteiger partial charge in [0.2, 0.25) is 5.91 Å². The number of aryl methyl sites for hydroxylation is 1. The summed E-state index contributed by atoms with van der Waals surface area (Å²) in [5.41, 5.74) is 1.87. The maximum atomic E-state index is 12.4. The smallest absolute Gasteiger partial charge is 0.230 e. The second-order valence-corrected chi connectivity index (χ2v) is 5.84. The maximum absolute atomic E-state index is 12.4. The van der Waals surface area contributed by atoms with E-state index in [2.05, 4.69) is 17.4 Å². The lowest BCUT2D eigenvalue weighted by Gasteiger charge is -2.24. The first kappa shape index (κ1) is 15.3. The van der Waals surface area contributed by atoms with Crippen LogP contribution >= 0.6 is 0 Å². The Labute approximate surface area is 127 Å². The Hall–Kier alpha value is -2.09. The molecule has 2 aromatic rings. The van der Waals surface area contributed by atoms with Crippen LogP contribution in [0.1, 0.15) is 31.4 Å². The molecule has 0 fully saturated rings. The van der Waals surface area contributed by atoms with E-state index in [1.165, 1.54) is 5.56 Å². The fourth-order valence-electron chi connectivity index (χ4n) is 2.35. The largest absolute Gasteiger partial charge is 0.355 e. The molecule has 0 saturated heterocycles. The van der Waals surface area contributed by atoms with Gasteiger partial charge in [-0.2, -0.15) is 0 Å². The van der Waals surface area contributed by atoms with Crippen molar-refractivity contribution in [3.63, 3.8) is 0 Å². The van der Waals surface area contributed by atoms with Crippen molar-refractivity contribution in [3.05, 3.63) is 71.8 Å². The van der Waals surface area contributed by atoms with Crippen LogP contribution in [-0.2, 0) is 16.6 Å². The molecule has 0 atom stereocenters. The SMILES string of the molecule is CC(C)(C(=O)NCCCc1ccccc1)c1ccccc1. The third-order valence-corrected chi connectivity index (χ3v) is 3.83. The van der Waals surface area contributed by atoms with Crippen LogP contribution in [0.5, 0.6) is 0 Å². The summed E-state index contributed by atoms with van der Waals surface area (Å²) in [5.74, 6) is 0.0850. The van der Waals surface area contributed by atoms with Crippen LogP contribution in [0.2, 0.25) is 0 Å². The standard InChI is InChI=1S/C19H23NO/c1-19(2,17-13-7-4-8-14-17)18(21)20-15-9-12-16-10-5-3-6-11-16/h3-8,10-11,13-14H,9,12,15H2,1-2H3,(H,20,21). The van der Waals surface area contributed by atoms with Gasteiger partial charge < -0.3 is 5.32 Å². The summed E-state index contributed by atoms with van der Waals surface area (Å²) >= 11 is 0. The van der Waals surface area contributed by atoms with Crippen molar-refractivity contribution in [2.24, 2.45) is 0 Å². The van der Waals surface area contributed by atoms with Crippen molar-refractivity contribution in [2.75, 3.05) is 6.54 Å². The molecule has 0 bridgehead atoms. The molecule has 1 amide bonds. The van der Waals surface area contributed by atoms with Crippen molar-refractivity contribution in [1.29, 1.82) is 0 Å². The minimum Gasteiger partial charge on any atom is -0.355 e. The summed E-state index contributed by atoms with van der Waals surface area (Å²) in [6.07, 6.45) is 1.95. The van der Waals surface area contributed by atoms with Gasteiger partial charge in [-0.15, -0.1) is 0 Å². The van der Waals surface area contributed by atoms with Crippen LogP contribution in [0, 0.1) is 0 Å². The van der Waals surface area contributed by atoms with Crippen molar-refractivity contribution in [3.8, 4) is 0 Å². The molecular weight excluding hydrogens is 258 g/mol. The average Bonchev–Trinajstić information content (AvgIpc) is 2.53. The van der Waals surface area contributed by atoms with Crippen LogP contribution < -0.4 is 5.32 Å². The molecule has 21 heavy (non-hydrogen) atoms.